The zero-order chi connectivity index (χ0) is 14.7. The Labute approximate surface area is 112 Å². The summed E-state index contributed by atoms with van der Waals surface area (Å²) < 4.78 is 1.37. The molecule has 0 fully saturated rings. The molecule has 0 amide bonds. The highest BCUT2D eigenvalue weighted by molar-refractivity contribution is 5.92. The molecule has 2 rings (SSSR count). The Morgan fingerprint density at radius 2 is 2.05 bits per heavy atom. The van der Waals surface area contributed by atoms with Crippen LogP contribution in [0.5, 0.6) is 0 Å². The molecule has 0 atom stereocenters. The van der Waals surface area contributed by atoms with E-state index in [4.69, 9.17) is 10.8 Å². The van der Waals surface area contributed by atoms with E-state index >= 15 is 0 Å². The van der Waals surface area contributed by atoms with Gasteiger partial charge in [-0.25, -0.2) is 9.48 Å². The van der Waals surface area contributed by atoms with Crippen molar-refractivity contribution in [2.75, 3.05) is 6.54 Å². The molecule has 1 heterocycles. The first kappa shape index (κ1) is 13.6. The zero-order valence-corrected chi connectivity index (χ0v) is 10.3. The number of nitro groups is 1. The molecule has 1 aromatic carbocycles. The van der Waals surface area contributed by atoms with Crippen LogP contribution in [0.1, 0.15) is 10.5 Å². The number of nitrogens with zero attached hydrogens (tertiary/aromatic N) is 4. The summed E-state index contributed by atoms with van der Waals surface area (Å²) in [6.45, 7) is 0.564. The van der Waals surface area contributed by atoms with Crippen LogP contribution in [0.15, 0.2) is 24.3 Å². The molecule has 0 aliphatic carbocycles. The lowest BCUT2D eigenvalue weighted by Crippen LogP contribution is -2.12. The monoisotopic (exact) mass is 277 g/mol. The van der Waals surface area contributed by atoms with Gasteiger partial charge in [0.1, 0.15) is 5.69 Å². The van der Waals surface area contributed by atoms with Crippen LogP contribution in [0, 0.1) is 10.1 Å². The first-order valence-corrected chi connectivity index (χ1v) is 5.66. The Kier molecular flexibility index (Phi) is 3.71. The molecule has 104 valence electrons. The molecule has 20 heavy (non-hydrogen) atoms. The average Bonchev–Trinajstić information content (AvgIpc) is 2.83. The van der Waals surface area contributed by atoms with Gasteiger partial charge in [0.25, 0.3) is 5.69 Å². The minimum atomic E-state index is -1.22. The van der Waals surface area contributed by atoms with Crippen molar-refractivity contribution in [2.24, 2.45) is 5.73 Å². The van der Waals surface area contributed by atoms with Gasteiger partial charge in [-0.3, -0.25) is 10.1 Å². The number of carboxylic acid groups (broad SMARTS) is 1. The fraction of sp³-hybridized carbons (Fsp3) is 0.182. The molecular formula is C11H11N5O4. The molecule has 0 aliphatic rings. The summed E-state index contributed by atoms with van der Waals surface area (Å²) in [5.74, 6) is -1.22. The number of carbonyl (C=O) groups is 1. The fourth-order valence-electron chi connectivity index (χ4n) is 1.76. The van der Waals surface area contributed by atoms with Gasteiger partial charge in [0.05, 0.1) is 11.5 Å². The predicted octanol–water partition coefficient (Wildman–Crippen LogP) is 0.510. The van der Waals surface area contributed by atoms with E-state index in [9.17, 15) is 14.9 Å². The van der Waals surface area contributed by atoms with E-state index < -0.39 is 10.9 Å². The number of aromatic nitrogens is 3. The Bertz CT molecular complexity index is 649. The van der Waals surface area contributed by atoms with Crippen molar-refractivity contribution in [3.05, 3.63) is 40.1 Å². The third kappa shape index (κ3) is 2.47. The van der Waals surface area contributed by atoms with Gasteiger partial charge >= 0.3 is 5.97 Å². The predicted molar refractivity (Wildman–Crippen MR) is 68.1 cm³/mol. The number of hydrogen-bond acceptors (Lipinski definition) is 6. The summed E-state index contributed by atoms with van der Waals surface area (Å²) in [5.41, 5.74) is 5.89. The number of non-ortho nitro benzene ring substituents is 1. The van der Waals surface area contributed by atoms with E-state index in [-0.39, 0.29) is 23.6 Å². The number of aromatic carboxylic acids is 1. The van der Waals surface area contributed by atoms with Crippen LogP contribution in [0.3, 0.4) is 0 Å². The molecule has 3 N–H and O–H groups in total. The smallest absolute Gasteiger partial charge is 0.358 e. The van der Waals surface area contributed by atoms with E-state index in [1.54, 1.807) is 0 Å². The lowest BCUT2D eigenvalue weighted by molar-refractivity contribution is -0.384. The maximum absolute atomic E-state index is 11.1. The van der Waals surface area contributed by atoms with Crippen molar-refractivity contribution in [1.29, 1.82) is 0 Å². The second-order valence-corrected chi connectivity index (χ2v) is 3.91. The molecule has 9 nitrogen and oxygen atoms in total. The molecule has 0 aliphatic heterocycles. The van der Waals surface area contributed by atoms with Crippen LogP contribution in [0.25, 0.3) is 11.3 Å². The standard InChI is InChI=1S/C11H11N5O4/c12-5-6-15-10(9(11(17)18)13-14-15)7-1-3-8(4-2-7)16(19)20/h1-4H,5-6,12H2,(H,17,18). The molecule has 0 unspecified atom stereocenters. The van der Waals surface area contributed by atoms with Gasteiger partial charge in [-0.1, -0.05) is 5.21 Å². The van der Waals surface area contributed by atoms with E-state index in [0.717, 1.165) is 0 Å². The van der Waals surface area contributed by atoms with Crippen LogP contribution < -0.4 is 5.73 Å². The van der Waals surface area contributed by atoms with Gasteiger partial charge in [0.2, 0.25) is 0 Å². The maximum Gasteiger partial charge on any atom is 0.358 e. The normalized spacial score (nSPS) is 10.4. The molecule has 0 bridgehead atoms. The highest BCUT2D eigenvalue weighted by Gasteiger charge is 2.20. The van der Waals surface area contributed by atoms with Gasteiger partial charge in [0, 0.05) is 24.2 Å². The van der Waals surface area contributed by atoms with Crippen LogP contribution in [0.4, 0.5) is 5.69 Å². The Balaban J connectivity index is 2.51. The number of nitro benzene ring substituents is 1. The maximum atomic E-state index is 11.1. The largest absolute Gasteiger partial charge is 0.476 e. The van der Waals surface area contributed by atoms with E-state index in [1.165, 1.54) is 28.9 Å². The highest BCUT2D eigenvalue weighted by Crippen LogP contribution is 2.24. The van der Waals surface area contributed by atoms with Crippen molar-refractivity contribution in [3.63, 3.8) is 0 Å². The number of hydrogen-bond donors (Lipinski definition) is 2. The molecule has 2 aromatic rings. The number of rotatable bonds is 5. The number of carboxylic acids is 1. The second kappa shape index (κ2) is 5.45. The molecule has 0 saturated carbocycles. The van der Waals surface area contributed by atoms with E-state index in [1.807, 2.05) is 0 Å². The van der Waals surface area contributed by atoms with Crippen LogP contribution >= 0.6 is 0 Å². The van der Waals surface area contributed by atoms with Crippen molar-refractivity contribution in [1.82, 2.24) is 15.0 Å². The number of benzene rings is 1. The van der Waals surface area contributed by atoms with Crippen LogP contribution in [-0.2, 0) is 6.54 Å². The molecule has 0 radical (unpaired) electrons. The lowest BCUT2D eigenvalue weighted by atomic mass is 10.1. The summed E-state index contributed by atoms with van der Waals surface area (Å²) in [7, 11) is 0. The average molecular weight is 277 g/mol. The fourth-order valence-corrected chi connectivity index (χ4v) is 1.76. The first-order valence-electron chi connectivity index (χ1n) is 5.66. The number of nitrogens with two attached hydrogens (primary N) is 1. The van der Waals surface area contributed by atoms with Gasteiger partial charge in [-0.15, -0.1) is 5.10 Å². The SMILES string of the molecule is NCCn1nnc(C(=O)O)c1-c1ccc([N+](=O)[O-])cc1. The second-order valence-electron chi connectivity index (χ2n) is 3.91. The van der Waals surface area contributed by atoms with Gasteiger partial charge in [-0.05, 0) is 12.1 Å². The van der Waals surface area contributed by atoms with Crippen LogP contribution in [-0.4, -0.2) is 37.5 Å². The van der Waals surface area contributed by atoms with Crippen LogP contribution in [0.2, 0.25) is 0 Å². The summed E-state index contributed by atoms with van der Waals surface area (Å²) in [5, 5.41) is 27.0. The van der Waals surface area contributed by atoms with Crippen molar-refractivity contribution in [2.45, 2.75) is 6.54 Å². The van der Waals surface area contributed by atoms with E-state index in [0.29, 0.717) is 12.1 Å². The Morgan fingerprint density at radius 3 is 2.55 bits per heavy atom. The van der Waals surface area contributed by atoms with E-state index in [2.05, 4.69) is 10.3 Å². The topological polar surface area (TPSA) is 137 Å². The molecule has 0 spiro atoms. The summed E-state index contributed by atoms with van der Waals surface area (Å²) in [4.78, 5) is 21.2. The Hall–Kier alpha value is -2.81. The van der Waals surface area contributed by atoms with Gasteiger partial charge < -0.3 is 10.8 Å². The van der Waals surface area contributed by atoms with Gasteiger partial charge in [-0.2, -0.15) is 0 Å². The van der Waals surface area contributed by atoms with Crippen molar-refractivity contribution >= 4 is 11.7 Å². The molecule has 1 aromatic heterocycles. The minimum Gasteiger partial charge on any atom is -0.476 e. The quantitative estimate of drug-likeness (QED) is 0.599. The summed E-state index contributed by atoms with van der Waals surface area (Å²) >= 11 is 0. The lowest BCUT2D eigenvalue weighted by Gasteiger charge is -2.05. The summed E-state index contributed by atoms with van der Waals surface area (Å²) in [6.07, 6.45) is 0. The highest BCUT2D eigenvalue weighted by atomic mass is 16.6. The third-order valence-corrected chi connectivity index (χ3v) is 2.63. The van der Waals surface area contributed by atoms with Crippen molar-refractivity contribution in [3.8, 4) is 11.3 Å². The third-order valence-electron chi connectivity index (χ3n) is 2.63. The Morgan fingerprint density at radius 1 is 1.40 bits per heavy atom. The van der Waals surface area contributed by atoms with Gasteiger partial charge in [0.15, 0.2) is 5.69 Å². The minimum absolute atomic E-state index is 0.0801. The molecule has 0 saturated heterocycles. The molecular weight excluding hydrogens is 266 g/mol. The zero-order valence-electron chi connectivity index (χ0n) is 10.3. The van der Waals surface area contributed by atoms with Crippen molar-refractivity contribution < 1.29 is 14.8 Å². The molecule has 9 heteroatoms. The summed E-state index contributed by atoms with van der Waals surface area (Å²) in [6, 6.07) is 5.49. The first-order chi connectivity index (χ1) is 9.54.